The summed E-state index contributed by atoms with van der Waals surface area (Å²) in [5, 5.41) is 9.67. The normalized spacial score (nSPS) is 16.9. The Kier molecular flexibility index (Phi) is 4.00. The number of rotatable bonds is 2. The quantitative estimate of drug-likeness (QED) is 0.789. The smallest absolute Gasteiger partial charge is 0.415 e. The average molecular weight is 307 g/mol. The van der Waals surface area contributed by atoms with Gasteiger partial charge in [-0.25, -0.2) is 4.79 Å². The van der Waals surface area contributed by atoms with Crippen LogP contribution in [0.15, 0.2) is 30.3 Å². The third kappa shape index (κ3) is 2.39. The molecule has 1 aromatic carbocycles. The predicted octanol–water partition coefficient (Wildman–Crippen LogP) is 2.94. The van der Waals surface area contributed by atoms with Gasteiger partial charge < -0.3 is 4.74 Å². The van der Waals surface area contributed by atoms with Crippen LogP contribution >= 0.6 is 15.9 Å². The van der Waals surface area contributed by atoms with Crippen LogP contribution in [0.5, 0.6) is 0 Å². The first kappa shape index (κ1) is 12.7. The van der Waals surface area contributed by atoms with E-state index < -0.39 is 12.1 Å². The number of anilines is 1. The number of para-hydroxylation sites is 1. The number of nitrogens with zero attached hydrogens (tertiary/aromatic N) is 2. The molecule has 18 heavy (non-hydrogen) atoms. The number of alkyl halides is 1. The standard InChI is InChI=1S/C13H11BrN2O2/c14-7-8-18-13(17)16-11(9-15)6-5-10-3-1-2-4-12(10)16/h1-6,11H,7-8H2. The Balaban J connectivity index is 2.33. The summed E-state index contributed by atoms with van der Waals surface area (Å²) in [6.45, 7) is 0.277. The minimum Gasteiger partial charge on any atom is -0.448 e. The zero-order valence-electron chi connectivity index (χ0n) is 9.54. The third-order valence-electron chi connectivity index (χ3n) is 2.56. The van der Waals surface area contributed by atoms with E-state index >= 15 is 0 Å². The first-order chi connectivity index (χ1) is 8.77. The van der Waals surface area contributed by atoms with Crippen molar-refractivity contribution in [2.45, 2.75) is 6.04 Å². The van der Waals surface area contributed by atoms with Crippen LogP contribution in [-0.4, -0.2) is 24.1 Å². The molecule has 0 radical (unpaired) electrons. The van der Waals surface area contributed by atoms with Crippen LogP contribution in [0.1, 0.15) is 5.56 Å². The number of ether oxygens (including phenoxy) is 1. The Bertz CT molecular complexity index is 522. The molecule has 0 saturated heterocycles. The van der Waals surface area contributed by atoms with Gasteiger partial charge in [0.2, 0.25) is 0 Å². The van der Waals surface area contributed by atoms with Crippen molar-refractivity contribution in [3.63, 3.8) is 0 Å². The van der Waals surface area contributed by atoms with Gasteiger partial charge in [0.05, 0.1) is 11.8 Å². The average Bonchev–Trinajstić information content (AvgIpc) is 2.43. The van der Waals surface area contributed by atoms with Crippen LogP contribution in [0.25, 0.3) is 6.08 Å². The van der Waals surface area contributed by atoms with Gasteiger partial charge in [0.25, 0.3) is 0 Å². The molecule has 0 spiro atoms. The van der Waals surface area contributed by atoms with Crippen LogP contribution in [0, 0.1) is 11.3 Å². The molecular weight excluding hydrogens is 296 g/mol. The zero-order valence-corrected chi connectivity index (χ0v) is 11.1. The number of carbonyl (C=O) groups is 1. The van der Waals surface area contributed by atoms with E-state index in [1.165, 1.54) is 4.90 Å². The van der Waals surface area contributed by atoms with E-state index in [9.17, 15) is 4.79 Å². The SMILES string of the molecule is N#CC1C=Cc2ccccc2N1C(=O)OCCBr. The Morgan fingerprint density at radius 3 is 3.00 bits per heavy atom. The summed E-state index contributed by atoms with van der Waals surface area (Å²) in [6.07, 6.45) is 3.03. The van der Waals surface area contributed by atoms with Crippen molar-refractivity contribution in [3.05, 3.63) is 35.9 Å². The molecule has 1 aromatic rings. The molecule has 1 atom stereocenters. The maximum Gasteiger partial charge on any atom is 0.415 e. The van der Waals surface area contributed by atoms with Gasteiger partial charge in [-0.15, -0.1) is 0 Å². The highest BCUT2D eigenvalue weighted by atomic mass is 79.9. The van der Waals surface area contributed by atoms with Crippen molar-refractivity contribution < 1.29 is 9.53 Å². The molecule has 5 heteroatoms. The summed E-state index contributed by atoms with van der Waals surface area (Å²) in [6, 6.07) is 8.87. The fraction of sp³-hybridized carbons (Fsp3) is 0.231. The third-order valence-corrected chi connectivity index (χ3v) is 2.89. The summed E-state index contributed by atoms with van der Waals surface area (Å²) in [4.78, 5) is 13.4. The molecule has 1 aliphatic heterocycles. The van der Waals surface area contributed by atoms with Gasteiger partial charge >= 0.3 is 6.09 Å². The molecule has 0 bridgehead atoms. The maximum atomic E-state index is 12.0. The predicted molar refractivity (Wildman–Crippen MR) is 72.5 cm³/mol. The number of hydrogen-bond acceptors (Lipinski definition) is 3. The Morgan fingerprint density at radius 2 is 2.28 bits per heavy atom. The first-order valence-electron chi connectivity index (χ1n) is 5.46. The number of carbonyl (C=O) groups excluding carboxylic acids is 1. The van der Waals surface area contributed by atoms with Gasteiger partial charge in [0, 0.05) is 5.33 Å². The fourth-order valence-electron chi connectivity index (χ4n) is 1.79. The van der Waals surface area contributed by atoms with Crippen LogP contribution in [-0.2, 0) is 4.74 Å². The summed E-state index contributed by atoms with van der Waals surface area (Å²) in [5.41, 5.74) is 1.60. The summed E-state index contributed by atoms with van der Waals surface area (Å²) in [5.74, 6) is 0. The van der Waals surface area contributed by atoms with Crippen LogP contribution < -0.4 is 4.90 Å². The minimum absolute atomic E-state index is 0.277. The summed E-state index contributed by atoms with van der Waals surface area (Å²) >= 11 is 3.19. The Morgan fingerprint density at radius 1 is 1.50 bits per heavy atom. The first-order valence-corrected chi connectivity index (χ1v) is 6.59. The second-order valence-corrected chi connectivity index (χ2v) is 4.46. The van der Waals surface area contributed by atoms with Crippen molar-refractivity contribution in [1.29, 1.82) is 5.26 Å². The highest BCUT2D eigenvalue weighted by molar-refractivity contribution is 9.09. The van der Waals surface area contributed by atoms with Crippen LogP contribution in [0.4, 0.5) is 10.5 Å². The van der Waals surface area contributed by atoms with E-state index in [-0.39, 0.29) is 6.61 Å². The molecular formula is C13H11BrN2O2. The van der Waals surface area contributed by atoms with Crippen molar-refractivity contribution in [2.75, 3.05) is 16.8 Å². The number of nitriles is 1. The molecule has 92 valence electrons. The van der Waals surface area contributed by atoms with Gasteiger partial charge in [-0.3, -0.25) is 4.90 Å². The largest absolute Gasteiger partial charge is 0.448 e. The monoisotopic (exact) mass is 306 g/mol. The topological polar surface area (TPSA) is 53.3 Å². The number of halogens is 1. The van der Waals surface area contributed by atoms with E-state index in [2.05, 4.69) is 22.0 Å². The molecule has 1 heterocycles. The summed E-state index contributed by atoms with van der Waals surface area (Å²) in [7, 11) is 0. The fourth-order valence-corrected chi connectivity index (χ4v) is 1.95. The minimum atomic E-state index is -0.622. The highest BCUT2D eigenvalue weighted by Crippen LogP contribution is 2.29. The highest BCUT2D eigenvalue weighted by Gasteiger charge is 2.28. The molecule has 0 aromatic heterocycles. The molecule has 0 saturated carbocycles. The van der Waals surface area contributed by atoms with E-state index in [0.717, 1.165) is 5.56 Å². The van der Waals surface area contributed by atoms with E-state index in [1.54, 1.807) is 12.1 Å². The Hall–Kier alpha value is -1.80. The van der Waals surface area contributed by atoms with Gasteiger partial charge in [-0.1, -0.05) is 40.2 Å². The maximum absolute atomic E-state index is 12.0. The molecule has 0 N–H and O–H groups in total. The summed E-state index contributed by atoms with van der Waals surface area (Å²) < 4.78 is 5.07. The zero-order chi connectivity index (χ0) is 13.0. The second kappa shape index (κ2) is 5.69. The number of hydrogen-bond donors (Lipinski definition) is 0. The molecule has 1 aliphatic rings. The second-order valence-electron chi connectivity index (χ2n) is 3.67. The van der Waals surface area contributed by atoms with Gasteiger partial charge in [-0.2, -0.15) is 5.26 Å². The van der Waals surface area contributed by atoms with Gasteiger partial charge in [-0.05, 0) is 17.7 Å². The van der Waals surface area contributed by atoms with Crippen molar-refractivity contribution in [2.24, 2.45) is 0 Å². The van der Waals surface area contributed by atoms with E-state index in [0.29, 0.717) is 11.0 Å². The lowest BCUT2D eigenvalue weighted by Crippen LogP contribution is -2.41. The number of amides is 1. The molecule has 2 rings (SSSR count). The van der Waals surface area contributed by atoms with Crippen LogP contribution in [0.3, 0.4) is 0 Å². The molecule has 4 nitrogen and oxygen atoms in total. The lowest BCUT2D eigenvalue weighted by atomic mass is 10.0. The van der Waals surface area contributed by atoms with Gasteiger partial charge in [0.1, 0.15) is 12.6 Å². The molecule has 0 fully saturated rings. The van der Waals surface area contributed by atoms with Gasteiger partial charge in [0.15, 0.2) is 0 Å². The number of fused-ring (bicyclic) bond motifs is 1. The van der Waals surface area contributed by atoms with E-state index in [1.807, 2.05) is 24.3 Å². The molecule has 0 aliphatic carbocycles. The molecule has 1 unspecified atom stereocenters. The lowest BCUT2D eigenvalue weighted by Gasteiger charge is -2.29. The number of benzene rings is 1. The van der Waals surface area contributed by atoms with Crippen molar-refractivity contribution in [3.8, 4) is 6.07 Å². The van der Waals surface area contributed by atoms with Crippen LogP contribution in [0.2, 0.25) is 0 Å². The van der Waals surface area contributed by atoms with Crippen molar-refractivity contribution >= 4 is 33.8 Å². The van der Waals surface area contributed by atoms with Crippen molar-refractivity contribution in [1.82, 2.24) is 0 Å². The Labute approximate surface area is 114 Å². The van der Waals surface area contributed by atoms with E-state index in [4.69, 9.17) is 10.00 Å². The molecule has 1 amide bonds. The lowest BCUT2D eigenvalue weighted by molar-refractivity contribution is 0.160.